The molecule has 1 aromatic carbocycles. The number of benzene rings is 1. The maximum absolute atomic E-state index is 5.55. The van der Waals surface area contributed by atoms with Crippen molar-refractivity contribution < 1.29 is 9.47 Å². The summed E-state index contributed by atoms with van der Waals surface area (Å²) >= 11 is 3.52. The minimum Gasteiger partial charge on any atom is -0.454 e. The molecule has 0 bridgehead atoms. The van der Waals surface area contributed by atoms with Crippen LogP contribution < -0.4 is 14.8 Å². The Labute approximate surface area is 115 Å². The molecule has 1 N–H and O–H groups in total. The molecule has 0 spiro atoms. The van der Waals surface area contributed by atoms with E-state index in [0.29, 0.717) is 6.79 Å². The van der Waals surface area contributed by atoms with Gasteiger partial charge < -0.3 is 19.7 Å². The molecule has 98 valence electrons. The van der Waals surface area contributed by atoms with Crippen LogP contribution in [0.15, 0.2) is 16.6 Å². The van der Waals surface area contributed by atoms with E-state index in [1.54, 1.807) is 0 Å². The zero-order chi connectivity index (χ0) is 12.4. The van der Waals surface area contributed by atoms with Crippen molar-refractivity contribution in [3.8, 4) is 11.5 Å². The quantitative estimate of drug-likeness (QED) is 0.920. The normalized spacial score (nSPS) is 19.2. The third-order valence-corrected chi connectivity index (χ3v) is 3.88. The molecule has 0 radical (unpaired) electrons. The van der Waals surface area contributed by atoms with Crippen LogP contribution in [0.5, 0.6) is 11.5 Å². The lowest BCUT2D eigenvalue weighted by atomic mass is 10.1. The Kier molecular flexibility index (Phi) is 3.72. The Morgan fingerprint density at radius 3 is 2.89 bits per heavy atom. The van der Waals surface area contributed by atoms with Crippen LogP contribution in [0, 0.1) is 0 Å². The van der Waals surface area contributed by atoms with Gasteiger partial charge in [-0.1, -0.05) is 15.9 Å². The first kappa shape index (κ1) is 12.3. The van der Waals surface area contributed by atoms with E-state index in [4.69, 9.17) is 9.47 Å². The predicted molar refractivity (Wildman–Crippen MR) is 73.3 cm³/mol. The fourth-order valence-corrected chi connectivity index (χ4v) is 2.93. The number of rotatable bonds is 3. The van der Waals surface area contributed by atoms with E-state index in [2.05, 4.69) is 32.2 Å². The molecule has 0 amide bonds. The molecular formula is C13H17BrN2O2. The molecule has 0 aliphatic carbocycles. The second-order valence-corrected chi connectivity index (χ2v) is 5.56. The topological polar surface area (TPSA) is 33.7 Å². The minimum atomic E-state index is 0.340. The smallest absolute Gasteiger partial charge is 0.231 e. The molecule has 5 heteroatoms. The molecule has 2 aliphatic rings. The van der Waals surface area contributed by atoms with Gasteiger partial charge in [0.15, 0.2) is 11.5 Å². The number of halogens is 1. The first-order valence-corrected chi connectivity index (χ1v) is 7.13. The highest BCUT2D eigenvalue weighted by Gasteiger charge is 2.19. The standard InChI is InChI=1S/C13H17BrN2O2/c14-11-7-10(13-12(8-11)17-9-18-13)1-4-16-5-2-15-3-6-16/h7-8,15H,1-6,9H2. The molecule has 3 rings (SSSR count). The SMILES string of the molecule is Brc1cc(CCN2CCNCC2)c2c(c1)OCO2. The second-order valence-electron chi connectivity index (χ2n) is 4.64. The van der Waals surface area contributed by atoms with E-state index in [0.717, 1.165) is 55.1 Å². The summed E-state index contributed by atoms with van der Waals surface area (Å²) in [6, 6.07) is 4.10. The Morgan fingerprint density at radius 2 is 2.06 bits per heavy atom. The zero-order valence-electron chi connectivity index (χ0n) is 10.2. The lowest BCUT2D eigenvalue weighted by molar-refractivity contribution is 0.173. The average Bonchev–Trinajstić information content (AvgIpc) is 2.85. The molecule has 2 aliphatic heterocycles. The number of nitrogens with one attached hydrogen (secondary N) is 1. The van der Waals surface area contributed by atoms with Crippen molar-refractivity contribution in [2.24, 2.45) is 0 Å². The van der Waals surface area contributed by atoms with Crippen molar-refractivity contribution in [1.82, 2.24) is 10.2 Å². The molecule has 0 atom stereocenters. The molecule has 1 saturated heterocycles. The van der Waals surface area contributed by atoms with Gasteiger partial charge in [0.05, 0.1) is 0 Å². The van der Waals surface area contributed by atoms with Crippen LogP contribution in [0.4, 0.5) is 0 Å². The van der Waals surface area contributed by atoms with Gasteiger partial charge in [-0.2, -0.15) is 0 Å². The molecular weight excluding hydrogens is 296 g/mol. The molecule has 0 unspecified atom stereocenters. The van der Waals surface area contributed by atoms with Crippen LogP contribution in [0.2, 0.25) is 0 Å². The third-order valence-electron chi connectivity index (χ3n) is 3.42. The summed E-state index contributed by atoms with van der Waals surface area (Å²) in [6.07, 6.45) is 1.01. The molecule has 2 heterocycles. The first-order valence-electron chi connectivity index (χ1n) is 6.34. The van der Waals surface area contributed by atoms with Crippen LogP contribution in [-0.4, -0.2) is 44.4 Å². The summed E-state index contributed by atoms with van der Waals surface area (Å²) in [7, 11) is 0. The summed E-state index contributed by atoms with van der Waals surface area (Å²) in [5.41, 5.74) is 1.23. The van der Waals surface area contributed by atoms with Crippen LogP contribution in [0.25, 0.3) is 0 Å². The number of fused-ring (bicyclic) bond motifs is 1. The van der Waals surface area contributed by atoms with Gasteiger partial charge in [-0.25, -0.2) is 0 Å². The Balaban J connectivity index is 1.68. The summed E-state index contributed by atoms with van der Waals surface area (Å²) in [6.45, 7) is 5.87. The van der Waals surface area contributed by atoms with Gasteiger partial charge in [0.25, 0.3) is 0 Å². The van der Waals surface area contributed by atoms with Gasteiger partial charge >= 0.3 is 0 Å². The van der Waals surface area contributed by atoms with Gasteiger partial charge in [0, 0.05) is 42.8 Å². The predicted octanol–water partition coefficient (Wildman–Crippen LogP) is 1.63. The zero-order valence-corrected chi connectivity index (χ0v) is 11.8. The molecule has 0 saturated carbocycles. The van der Waals surface area contributed by atoms with Crippen molar-refractivity contribution in [2.75, 3.05) is 39.5 Å². The van der Waals surface area contributed by atoms with Crippen molar-refractivity contribution in [2.45, 2.75) is 6.42 Å². The van der Waals surface area contributed by atoms with Crippen LogP contribution in [-0.2, 0) is 6.42 Å². The molecule has 18 heavy (non-hydrogen) atoms. The van der Waals surface area contributed by atoms with Gasteiger partial charge in [-0.15, -0.1) is 0 Å². The summed E-state index contributed by atoms with van der Waals surface area (Å²) in [5.74, 6) is 1.79. The number of hydrogen-bond acceptors (Lipinski definition) is 4. The molecule has 0 aromatic heterocycles. The number of hydrogen-bond donors (Lipinski definition) is 1. The van der Waals surface area contributed by atoms with Crippen molar-refractivity contribution in [3.63, 3.8) is 0 Å². The van der Waals surface area contributed by atoms with E-state index in [-0.39, 0.29) is 0 Å². The summed E-state index contributed by atoms with van der Waals surface area (Å²) in [5, 5.41) is 3.37. The van der Waals surface area contributed by atoms with Crippen LogP contribution >= 0.6 is 15.9 Å². The fourth-order valence-electron chi connectivity index (χ4n) is 2.44. The Bertz CT molecular complexity index is 433. The molecule has 4 nitrogen and oxygen atoms in total. The van der Waals surface area contributed by atoms with Crippen molar-refractivity contribution in [1.29, 1.82) is 0 Å². The lowest BCUT2D eigenvalue weighted by Gasteiger charge is -2.27. The maximum atomic E-state index is 5.55. The second kappa shape index (κ2) is 5.47. The highest BCUT2D eigenvalue weighted by Crippen LogP contribution is 2.38. The summed E-state index contributed by atoms with van der Waals surface area (Å²) < 4.78 is 12.0. The Morgan fingerprint density at radius 1 is 1.22 bits per heavy atom. The summed E-state index contributed by atoms with van der Waals surface area (Å²) in [4.78, 5) is 2.49. The number of ether oxygens (including phenoxy) is 2. The number of piperazine rings is 1. The first-order chi connectivity index (χ1) is 8.83. The highest BCUT2D eigenvalue weighted by atomic mass is 79.9. The van der Waals surface area contributed by atoms with Crippen molar-refractivity contribution >= 4 is 15.9 Å². The van der Waals surface area contributed by atoms with Gasteiger partial charge in [0.1, 0.15) is 0 Å². The van der Waals surface area contributed by atoms with Crippen molar-refractivity contribution in [3.05, 3.63) is 22.2 Å². The minimum absolute atomic E-state index is 0.340. The molecule has 1 aromatic rings. The lowest BCUT2D eigenvalue weighted by Crippen LogP contribution is -2.44. The van der Waals surface area contributed by atoms with E-state index >= 15 is 0 Å². The van der Waals surface area contributed by atoms with E-state index in [1.807, 2.05) is 6.07 Å². The monoisotopic (exact) mass is 312 g/mol. The van der Waals surface area contributed by atoms with E-state index < -0.39 is 0 Å². The maximum Gasteiger partial charge on any atom is 0.231 e. The average molecular weight is 313 g/mol. The Hall–Kier alpha value is -0.780. The van der Waals surface area contributed by atoms with E-state index in [9.17, 15) is 0 Å². The fraction of sp³-hybridized carbons (Fsp3) is 0.538. The number of nitrogens with zero attached hydrogens (tertiary/aromatic N) is 1. The van der Waals surface area contributed by atoms with Gasteiger partial charge in [-0.3, -0.25) is 0 Å². The van der Waals surface area contributed by atoms with Crippen LogP contribution in [0.1, 0.15) is 5.56 Å². The molecule has 1 fully saturated rings. The third kappa shape index (κ3) is 2.63. The van der Waals surface area contributed by atoms with E-state index in [1.165, 1.54) is 5.56 Å². The van der Waals surface area contributed by atoms with Gasteiger partial charge in [-0.05, 0) is 18.6 Å². The van der Waals surface area contributed by atoms with Crippen LogP contribution in [0.3, 0.4) is 0 Å². The van der Waals surface area contributed by atoms with Gasteiger partial charge in [0.2, 0.25) is 6.79 Å². The highest BCUT2D eigenvalue weighted by molar-refractivity contribution is 9.10. The largest absolute Gasteiger partial charge is 0.454 e.